The summed E-state index contributed by atoms with van der Waals surface area (Å²) in [6.07, 6.45) is -0.523. The third kappa shape index (κ3) is 4.12. The van der Waals surface area contributed by atoms with Crippen LogP contribution in [-0.4, -0.2) is 21.2 Å². The first-order valence-corrected chi connectivity index (χ1v) is 10.0. The lowest BCUT2D eigenvalue weighted by molar-refractivity contribution is -0.148. The van der Waals surface area contributed by atoms with Crippen molar-refractivity contribution in [1.29, 1.82) is 0 Å². The normalized spacial score (nSPS) is 12.0. The number of thiophene rings is 1. The average Bonchev–Trinajstić information content (AvgIpc) is 3.43. The highest BCUT2D eigenvalue weighted by atomic mass is 32.1. The van der Waals surface area contributed by atoms with E-state index in [9.17, 15) is 4.79 Å². The molecule has 0 fully saturated rings. The Morgan fingerprint density at radius 3 is 2.78 bits per heavy atom. The monoisotopic (exact) mass is 397 g/mol. The Balaban J connectivity index is 1.37. The molecular formula is C19H15N3O3S2. The molecule has 0 saturated heterocycles. The van der Waals surface area contributed by atoms with Gasteiger partial charge < -0.3 is 9.15 Å². The summed E-state index contributed by atoms with van der Waals surface area (Å²) in [4.78, 5) is 17.6. The topological polar surface area (TPSA) is 78.1 Å². The molecule has 3 aromatic heterocycles. The van der Waals surface area contributed by atoms with Gasteiger partial charge in [-0.05, 0) is 18.4 Å². The zero-order chi connectivity index (χ0) is 18.6. The number of aromatic nitrogens is 3. The highest BCUT2D eigenvalue weighted by molar-refractivity contribution is 7.13. The van der Waals surface area contributed by atoms with Crippen LogP contribution in [0.2, 0.25) is 0 Å². The highest BCUT2D eigenvalue weighted by Crippen LogP contribution is 2.27. The molecule has 0 spiro atoms. The molecule has 3 heterocycles. The van der Waals surface area contributed by atoms with Gasteiger partial charge in [-0.3, -0.25) is 4.79 Å². The number of hydrogen-bond acceptors (Lipinski definition) is 8. The van der Waals surface area contributed by atoms with Crippen molar-refractivity contribution in [3.63, 3.8) is 0 Å². The molecule has 4 aromatic rings. The maximum atomic E-state index is 12.2. The number of thiazole rings is 1. The Hall–Kier alpha value is -2.84. The molecule has 0 aliphatic heterocycles. The number of rotatable bonds is 6. The van der Waals surface area contributed by atoms with Gasteiger partial charge in [0.1, 0.15) is 5.01 Å². The molecule has 1 unspecified atom stereocenters. The molecule has 0 aliphatic carbocycles. The first kappa shape index (κ1) is 17.6. The number of carbonyl (C=O) groups excluding carboxylic acids is 1. The molecule has 0 amide bonds. The van der Waals surface area contributed by atoms with E-state index in [-0.39, 0.29) is 18.3 Å². The van der Waals surface area contributed by atoms with Crippen molar-refractivity contribution in [2.75, 3.05) is 0 Å². The van der Waals surface area contributed by atoms with E-state index in [4.69, 9.17) is 9.15 Å². The van der Waals surface area contributed by atoms with Crippen LogP contribution in [0.5, 0.6) is 0 Å². The standard InChI is InChI=1S/C19H15N3O3S2/c1-12(17-21-22-18(25-17)15-8-5-9-26-15)24-16(23)10-14-11-27-19(20-14)13-6-3-2-4-7-13/h2-9,11-12H,10H2,1H3. The van der Waals surface area contributed by atoms with Crippen LogP contribution in [-0.2, 0) is 16.0 Å². The van der Waals surface area contributed by atoms with Gasteiger partial charge in [0.05, 0.1) is 17.0 Å². The highest BCUT2D eigenvalue weighted by Gasteiger charge is 2.20. The lowest BCUT2D eigenvalue weighted by Crippen LogP contribution is -2.12. The van der Waals surface area contributed by atoms with Crippen molar-refractivity contribution in [3.8, 4) is 21.3 Å². The van der Waals surface area contributed by atoms with Crippen LogP contribution in [0.15, 0.2) is 57.6 Å². The Morgan fingerprint density at radius 2 is 2.00 bits per heavy atom. The first-order valence-electron chi connectivity index (χ1n) is 8.25. The number of benzene rings is 1. The van der Waals surface area contributed by atoms with Crippen LogP contribution in [0.1, 0.15) is 24.6 Å². The van der Waals surface area contributed by atoms with Gasteiger partial charge in [-0.1, -0.05) is 36.4 Å². The van der Waals surface area contributed by atoms with Crippen LogP contribution < -0.4 is 0 Å². The molecule has 27 heavy (non-hydrogen) atoms. The van der Waals surface area contributed by atoms with Crippen LogP contribution >= 0.6 is 22.7 Å². The minimum absolute atomic E-state index is 0.0968. The van der Waals surface area contributed by atoms with Crippen molar-refractivity contribution in [2.45, 2.75) is 19.4 Å². The molecule has 1 aromatic carbocycles. The Labute approximate surface area is 163 Å². The molecular weight excluding hydrogens is 382 g/mol. The van der Waals surface area contributed by atoms with Crippen LogP contribution in [0.3, 0.4) is 0 Å². The van der Waals surface area contributed by atoms with Crippen molar-refractivity contribution in [2.24, 2.45) is 0 Å². The number of ether oxygens (including phenoxy) is 1. The van der Waals surface area contributed by atoms with Gasteiger partial charge in [0, 0.05) is 10.9 Å². The van der Waals surface area contributed by atoms with E-state index in [0.29, 0.717) is 11.6 Å². The van der Waals surface area contributed by atoms with Crippen molar-refractivity contribution in [3.05, 3.63) is 64.8 Å². The van der Waals surface area contributed by atoms with E-state index in [1.54, 1.807) is 6.92 Å². The van der Waals surface area contributed by atoms with Crippen LogP contribution in [0.25, 0.3) is 21.3 Å². The summed E-state index contributed by atoms with van der Waals surface area (Å²) in [5.74, 6) is 0.313. The SMILES string of the molecule is CC(OC(=O)Cc1csc(-c2ccccc2)n1)c1nnc(-c2cccs2)o1. The molecule has 0 radical (unpaired) electrons. The second kappa shape index (κ2) is 7.81. The summed E-state index contributed by atoms with van der Waals surface area (Å²) < 4.78 is 11.0. The molecule has 0 saturated carbocycles. The maximum absolute atomic E-state index is 12.2. The fourth-order valence-corrected chi connectivity index (χ4v) is 3.91. The van der Waals surface area contributed by atoms with E-state index in [1.807, 2.05) is 53.2 Å². The molecule has 0 N–H and O–H groups in total. The average molecular weight is 397 g/mol. The van der Waals surface area contributed by atoms with E-state index >= 15 is 0 Å². The van der Waals surface area contributed by atoms with E-state index < -0.39 is 6.10 Å². The molecule has 1 atom stereocenters. The molecule has 0 aliphatic rings. The second-order valence-corrected chi connectivity index (χ2v) is 7.55. The zero-order valence-electron chi connectivity index (χ0n) is 14.4. The number of esters is 1. The fourth-order valence-electron chi connectivity index (χ4n) is 2.44. The van der Waals surface area contributed by atoms with Crippen LogP contribution in [0.4, 0.5) is 0 Å². The smallest absolute Gasteiger partial charge is 0.312 e. The summed E-state index contributed by atoms with van der Waals surface area (Å²) in [7, 11) is 0. The van der Waals surface area contributed by atoms with Gasteiger partial charge in [-0.15, -0.1) is 32.9 Å². The third-order valence-corrected chi connectivity index (χ3v) is 5.52. The Kier molecular flexibility index (Phi) is 5.08. The summed E-state index contributed by atoms with van der Waals surface area (Å²) in [5, 5.41) is 12.7. The number of hydrogen-bond donors (Lipinski definition) is 0. The molecule has 0 bridgehead atoms. The molecule has 8 heteroatoms. The van der Waals surface area contributed by atoms with E-state index in [1.165, 1.54) is 22.7 Å². The third-order valence-electron chi connectivity index (χ3n) is 3.73. The maximum Gasteiger partial charge on any atom is 0.312 e. The van der Waals surface area contributed by atoms with Gasteiger partial charge >= 0.3 is 5.97 Å². The summed E-state index contributed by atoms with van der Waals surface area (Å²) >= 11 is 3.01. The second-order valence-electron chi connectivity index (χ2n) is 5.74. The number of nitrogens with zero attached hydrogens (tertiary/aromatic N) is 3. The summed E-state index contributed by atoms with van der Waals surface area (Å²) in [6.45, 7) is 1.71. The lowest BCUT2D eigenvalue weighted by atomic mass is 10.2. The predicted molar refractivity (Wildman–Crippen MR) is 103 cm³/mol. The van der Waals surface area contributed by atoms with Crippen molar-refractivity contribution in [1.82, 2.24) is 15.2 Å². The largest absolute Gasteiger partial charge is 0.452 e. The Morgan fingerprint density at radius 1 is 1.15 bits per heavy atom. The molecule has 4 rings (SSSR count). The van der Waals surface area contributed by atoms with Gasteiger partial charge in [0.2, 0.25) is 0 Å². The lowest BCUT2D eigenvalue weighted by Gasteiger charge is -2.08. The summed E-state index contributed by atoms with van der Waals surface area (Å²) in [5.41, 5.74) is 1.71. The van der Waals surface area contributed by atoms with Gasteiger partial charge in [0.25, 0.3) is 11.8 Å². The fraction of sp³-hybridized carbons (Fsp3) is 0.158. The van der Waals surface area contributed by atoms with Crippen molar-refractivity contribution >= 4 is 28.6 Å². The van der Waals surface area contributed by atoms with Gasteiger partial charge in [-0.2, -0.15) is 0 Å². The van der Waals surface area contributed by atoms with E-state index in [2.05, 4.69) is 15.2 Å². The van der Waals surface area contributed by atoms with Crippen molar-refractivity contribution < 1.29 is 13.9 Å². The van der Waals surface area contributed by atoms with Crippen LogP contribution in [0, 0.1) is 0 Å². The first-order chi connectivity index (χ1) is 13.2. The minimum Gasteiger partial charge on any atom is -0.452 e. The number of carbonyl (C=O) groups is 1. The molecule has 6 nitrogen and oxygen atoms in total. The Bertz CT molecular complexity index is 1030. The van der Waals surface area contributed by atoms with Gasteiger partial charge in [-0.25, -0.2) is 4.98 Å². The predicted octanol–water partition coefficient (Wildman–Crippen LogP) is 4.77. The summed E-state index contributed by atoms with van der Waals surface area (Å²) in [6, 6.07) is 13.7. The quantitative estimate of drug-likeness (QED) is 0.436. The zero-order valence-corrected chi connectivity index (χ0v) is 16.0. The van der Waals surface area contributed by atoms with E-state index in [0.717, 1.165) is 15.4 Å². The minimum atomic E-state index is -0.619. The molecule has 136 valence electrons. The van der Waals surface area contributed by atoms with Gasteiger partial charge in [0.15, 0.2) is 6.10 Å².